The first-order valence-electron chi connectivity index (χ1n) is 6.07. The van der Waals surface area contributed by atoms with Gasteiger partial charge < -0.3 is 5.32 Å². The van der Waals surface area contributed by atoms with E-state index in [1.807, 2.05) is 12.4 Å². The number of rotatable bonds is 5. The minimum Gasteiger partial charge on any atom is -0.317 e. The molecule has 1 atom stereocenters. The van der Waals surface area contributed by atoms with Crippen LogP contribution in [0.1, 0.15) is 39.2 Å². The van der Waals surface area contributed by atoms with Crippen molar-refractivity contribution in [3.05, 3.63) is 30.1 Å². The zero-order valence-corrected chi connectivity index (χ0v) is 11.0. The third kappa shape index (κ3) is 5.26. The molecule has 0 spiro atoms. The molecule has 1 rings (SSSR count). The SMILES string of the molecule is CNC(CCC(C)(C)C)Cc1ccncc1. The summed E-state index contributed by atoms with van der Waals surface area (Å²) in [5.74, 6) is 0. The molecule has 1 heterocycles. The molecule has 0 aromatic carbocycles. The lowest BCUT2D eigenvalue weighted by Crippen LogP contribution is -2.28. The molecule has 1 N–H and O–H groups in total. The molecule has 0 bridgehead atoms. The second kappa shape index (κ2) is 6.00. The number of hydrogen-bond acceptors (Lipinski definition) is 2. The van der Waals surface area contributed by atoms with Crippen LogP contribution < -0.4 is 5.32 Å². The van der Waals surface area contributed by atoms with Crippen molar-refractivity contribution in [2.24, 2.45) is 5.41 Å². The number of likely N-dealkylation sites (N-methyl/N-ethyl adjacent to an activating group) is 1. The lowest BCUT2D eigenvalue weighted by molar-refractivity contribution is 0.334. The summed E-state index contributed by atoms with van der Waals surface area (Å²) in [5, 5.41) is 3.40. The van der Waals surface area contributed by atoms with Crippen molar-refractivity contribution in [1.29, 1.82) is 0 Å². The second-order valence-electron chi connectivity index (χ2n) is 5.64. The molecule has 2 heteroatoms. The van der Waals surface area contributed by atoms with Gasteiger partial charge in [-0.05, 0) is 49.4 Å². The van der Waals surface area contributed by atoms with Gasteiger partial charge in [0.1, 0.15) is 0 Å². The lowest BCUT2D eigenvalue weighted by atomic mass is 9.87. The third-order valence-electron chi connectivity index (χ3n) is 2.88. The first-order valence-corrected chi connectivity index (χ1v) is 6.07. The molecule has 0 aliphatic rings. The Morgan fingerprint density at radius 3 is 2.38 bits per heavy atom. The van der Waals surface area contributed by atoms with E-state index in [0.717, 1.165) is 6.42 Å². The van der Waals surface area contributed by atoms with Crippen molar-refractivity contribution in [3.63, 3.8) is 0 Å². The van der Waals surface area contributed by atoms with E-state index < -0.39 is 0 Å². The quantitative estimate of drug-likeness (QED) is 0.825. The van der Waals surface area contributed by atoms with E-state index in [9.17, 15) is 0 Å². The van der Waals surface area contributed by atoms with E-state index in [1.165, 1.54) is 18.4 Å². The fourth-order valence-corrected chi connectivity index (χ4v) is 1.76. The monoisotopic (exact) mass is 220 g/mol. The molecule has 0 radical (unpaired) electrons. The van der Waals surface area contributed by atoms with Gasteiger partial charge in [0.2, 0.25) is 0 Å². The van der Waals surface area contributed by atoms with Crippen molar-refractivity contribution in [2.45, 2.75) is 46.1 Å². The van der Waals surface area contributed by atoms with Crippen molar-refractivity contribution in [2.75, 3.05) is 7.05 Å². The van der Waals surface area contributed by atoms with Gasteiger partial charge in [-0.1, -0.05) is 20.8 Å². The van der Waals surface area contributed by atoms with Crippen LogP contribution in [0.3, 0.4) is 0 Å². The van der Waals surface area contributed by atoms with E-state index in [1.54, 1.807) is 0 Å². The summed E-state index contributed by atoms with van der Waals surface area (Å²) in [7, 11) is 2.05. The van der Waals surface area contributed by atoms with Crippen LogP contribution in [-0.4, -0.2) is 18.1 Å². The largest absolute Gasteiger partial charge is 0.317 e. The van der Waals surface area contributed by atoms with E-state index in [2.05, 4.69) is 50.3 Å². The first kappa shape index (κ1) is 13.2. The highest BCUT2D eigenvalue weighted by Crippen LogP contribution is 2.22. The molecular weight excluding hydrogens is 196 g/mol. The molecule has 1 aromatic heterocycles. The van der Waals surface area contributed by atoms with E-state index in [0.29, 0.717) is 11.5 Å². The topological polar surface area (TPSA) is 24.9 Å². The molecule has 0 amide bonds. The van der Waals surface area contributed by atoms with Gasteiger partial charge in [0.05, 0.1) is 0 Å². The summed E-state index contributed by atoms with van der Waals surface area (Å²) in [4.78, 5) is 4.04. The predicted octanol–water partition coefficient (Wildman–Crippen LogP) is 3.04. The van der Waals surface area contributed by atoms with Gasteiger partial charge in [-0.25, -0.2) is 0 Å². The smallest absolute Gasteiger partial charge is 0.0270 e. The Balaban J connectivity index is 2.44. The molecule has 0 saturated carbocycles. The Morgan fingerprint density at radius 1 is 1.25 bits per heavy atom. The van der Waals surface area contributed by atoms with E-state index in [4.69, 9.17) is 0 Å². The minimum atomic E-state index is 0.424. The summed E-state index contributed by atoms with van der Waals surface area (Å²) >= 11 is 0. The Kier molecular flexibility index (Phi) is 4.94. The minimum absolute atomic E-state index is 0.424. The Labute approximate surface area is 99.5 Å². The highest BCUT2D eigenvalue weighted by Gasteiger charge is 2.14. The molecule has 0 aliphatic heterocycles. The van der Waals surface area contributed by atoms with Crippen LogP contribution in [-0.2, 0) is 6.42 Å². The molecule has 1 unspecified atom stereocenters. The summed E-state index contributed by atoms with van der Waals surface area (Å²) in [6.07, 6.45) is 7.30. The fourth-order valence-electron chi connectivity index (χ4n) is 1.76. The van der Waals surface area contributed by atoms with Crippen LogP contribution in [0, 0.1) is 5.41 Å². The van der Waals surface area contributed by atoms with Gasteiger partial charge in [-0.15, -0.1) is 0 Å². The molecular formula is C14H24N2. The predicted molar refractivity (Wildman–Crippen MR) is 69.5 cm³/mol. The second-order valence-corrected chi connectivity index (χ2v) is 5.64. The average Bonchev–Trinajstić information content (AvgIpc) is 2.24. The number of pyridine rings is 1. The number of hydrogen-bond donors (Lipinski definition) is 1. The van der Waals surface area contributed by atoms with Crippen LogP contribution in [0.15, 0.2) is 24.5 Å². The van der Waals surface area contributed by atoms with Crippen LogP contribution >= 0.6 is 0 Å². The Hall–Kier alpha value is -0.890. The van der Waals surface area contributed by atoms with Crippen LogP contribution in [0.4, 0.5) is 0 Å². The van der Waals surface area contributed by atoms with Gasteiger partial charge in [-0.2, -0.15) is 0 Å². The van der Waals surface area contributed by atoms with Crippen molar-refractivity contribution in [1.82, 2.24) is 10.3 Å². The standard InChI is InChI=1S/C14H24N2/c1-14(2,3)8-5-13(15-4)11-12-6-9-16-10-7-12/h6-7,9-10,13,15H,5,8,11H2,1-4H3. The molecule has 16 heavy (non-hydrogen) atoms. The van der Waals surface area contributed by atoms with Gasteiger partial charge in [0.15, 0.2) is 0 Å². The van der Waals surface area contributed by atoms with Crippen LogP contribution in [0.5, 0.6) is 0 Å². The average molecular weight is 220 g/mol. The number of aromatic nitrogens is 1. The maximum absolute atomic E-state index is 4.04. The zero-order valence-electron chi connectivity index (χ0n) is 11.0. The maximum Gasteiger partial charge on any atom is 0.0270 e. The van der Waals surface area contributed by atoms with Gasteiger partial charge in [0.25, 0.3) is 0 Å². The van der Waals surface area contributed by atoms with Crippen molar-refractivity contribution in [3.8, 4) is 0 Å². The zero-order chi connectivity index (χ0) is 12.0. The van der Waals surface area contributed by atoms with Gasteiger partial charge in [-0.3, -0.25) is 4.98 Å². The molecule has 0 fully saturated rings. The van der Waals surface area contributed by atoms with Crippen molar-refractivity contribution < 1.29 is 0 Å². The molecule has 2 nitrogen and oxygen atoms in total. The molecule has 90 valence electrons. The lowest BCUT2D eigenvalue weighted by Gasteiger charge is -2.23. The summed E-state index contributed by atoms with van der Waals surface area (Å²) in [5.41, 5.74) is 1.79. The molecule has 1 aromatic rings. The first-order chi connectivity index (χ1) is 7.51. The highest BCUT2D eigenvalue weighted by molar-refractivity contribution is 5.11. The number of nitrogens with one attached hydrogen (secondary N) is 1. The van der Waals surface area contributed by atoms with Gasteiger partial charge in [0, 0.05) is 18.4 Å². The maximum atomic E-state index is 4.04. The van der Waals surface area contributed by atoms with E-state index >= 15 is 0 Å². The fraction of sp³-hybridized carbons (Fsp3) is 0.643. The Morgan fingerprint density at radius 2 is 1.88 bits per heavy atom. The normalized spacial score (nSPS) is 13.8. The summed E-state index contributed by atoms with van der Waals surface area (Å²) in [6, 6.07) is 4.77. The van der Waals surface area contributed by atoms with Crippen LogP contribution in [0.25, 0.3) is 0 Å². The van der Waals surface area contributed by atoms with Gasteiger partial charge >= 0.3 is 0 Å². The Bertz CT molecular complexity index is 287. The molecule has 0 saturated heterocycles. The van der Waals surface area contributed by atoms with Crippen LogP contribution in [0.2, 0.25) is 0 Å². The third-order valence-corrected chi connectivity index (χ3v) is 2.88. The van der Waals surface area contributed by atoms with Crippen molar-refractivity contribution >= 4 is 0 Å². The number of nitrogens with zero attached hydrogens (tertiary/aromatic N) is 1. The molecule has 0 aliphatic carbocycles. The van der Waals surface area contributed by atoms with E-state index in [-0.39, 0.29) is 0 Å². The highest BCUT2D eigenvalue weighted by atomic mass is 14.9. The summed E-state index contributed by atoms with van der Waals surface area (Å²) < 4.78 is 0. The summed E-state index contributed by atoms with van der Waals surface area (Å²) in [6.45, 7) is 6.89.